The number of nitrogens with zero attached hydrogens (tertiary/aromatic N) is 5. The fraction of sp³-hybridized carbons (Fsp3) is 0.750. The summed E-state index contributed by atoms with van der Waals surface area (Å²) in [5.74, 6) is 1.90. The summed E-state index contributed by atoms with van der Waals surface area (Å²) in [6, 6.07) is 4.61. The minimum absolute atomic E-state index is 0.0905. The molecule has 0 amide bonds. The third-order valence-electron chi connectivity index (χ3n) is 6.39. The Morgan fingerprint density at radius 2 is 1.96 bits per heavy atom. The van der Waals surface area contributed by atoms with Gasteiger partial charge in [0, 0.05) is 30.5 Å². The average molecular weight is 358 g/mol. The molecule has 142 valence electrons. The lowest BCUT2D eigenvalue weighted by Crippen LogP contribution is -2.63. The van der Waals surface area contributed by atoms with Gasteiger partial charge in [-0.25, -0.2) is 0 Å². The second kappa shape index (κ2) is 6.19. The lowest BCUT2D eigenvalue weighted by molar-refractivity contribution is -0.121. The molecule has 6 nitrogen and oxygen atoms in total. The highest BCUT2D eigenvalue weighted by Crippen LogP contribution is 2.56. The third-order valence-corrected chi connectivity index (χ3v) is 6.39. The van der Waals surface area contributed by atoms with Crippen molar-refractivity contribution in [2.45, 2.75) is 77.4 Å². The highest BCUT2D eigenvalue weighted by atomic mass is 16.5. The van der Waals surface area contributed by atoms with E-state index in [4.69, 9.17) is 9.84 Å². The van der Waals surface area contributed by atoms with Crippen LogP contribution in [0.3, 0.4) is 0 Å². The zero-order chi connectivity index (χ0) is 18.5. The highest BCUT2D eigenvalue weighted by molar-refractivity contribution is 5.47. The summed E-state index contributed by atoms with van der Waals surface area (Å²) >= 11 is 0. The Balaban J connectivity index is 1.65. The molecule has 2 unspecified atom stereocenters. The van der Waals surface area contributed by atoms with E-state index in [1.54, 1.807) is 0 Å². The molecule has 1 spiro atoms. The van der Waals surface area contributed by atoms with Crippen molar-refractivity contribution in [3.05, 3.63) is 18.0 Å². The smallest absolute Gasteiger partial charge is 0.178 e. The number of ether oxygens (including phenoxy) is 1. The largest absolute Gasteiger partial charge is 0.378 e. The molecule has 2 aliphatic rings. The van der Waals surface area contributed by atoms with E-state index in [9.17, 15) is 0 Å². The van der Waals surface area contributed by atoms with E-state index in [0.29, 0.717) is 17.6 Å². The normalized spacial score (nSPS) is 25.0. The summed E-state index contributed by atoms with van der Waals surface area (Å²) in [5, 5.41) is 13.6. The molecule has 4 rings (SSSR count). The van der Waals surface area contributed by atoms with Crippen LogP contribution in [0.25, 0.3) is 5.65 Å². The Hall–Kier alpha value is -1.69. The predicted octanol–water partition coefficient (Wildman–Crippen LogP) is 3.60. The standard InChI is InChI=1S/C20H31N5O/c1-6-26-15-13-14(20(15)11-7-8-12-20)24(5)17-10-9-16-21-22-18(19(2,3)4)25(16)23-17/h9-10,14-15H,6-8,11-13H2,1-5H3. The van der Waals surface area contributed by atoms with E-state index >= 15 is 0 Å². The van der Waals surface area contributed by atoms with Crippen molar-refractivity contribution in [2.24, 2.45) is 5.41 Å². The molecule has 6 heteroatoms. The number of fused-ring (bicyclic) bond motifs is 1. The molecule has 0 bridgehead atoms. The first kappa shape index (κ1) is 17.7. The van der Waals surface area contributed by atoms with Crippen LogP contribution in [0, 0.1) is 5.41 Å². The van der Waals surface area contributed by atoms with Gasteiger partial charge in [0.2, 0.25) is 0 Å². The molecule has 0 saturated heterocycles. The molecule has 2 aromatic heterocycles. The molecular formula is C20H31N5O. The molecule has 2 fully saturated rings. The van der Waals surface area contributed by atoms with Crippen molar-refractivity contribution >= 4 is 11.5 Å². The fourth-order valence-corrected chi connectivity index (χ4v) is 4.99. The van der Waals surface area contributed by atoms with Crippen LogP contribution in [-0.4, -0.2) is 45.6 Å². The Kier molecular flexibility index (Phi) is 4.21. The summed E-state index contributed by atoms with van der Waals surface area (Å²) < 4.78 is 7.99. The van der Waals surface area contributed by atoms with Crippen LogP contribution in [0.15, 0.2) is 12.1 Å². The number of aromatic nitrogens is 4. The van der Waals surface area contributed by atoms with Crippen LogP contribution < -0.4 is 4.90 Å². The number of hydrogen-bond acceptors (Lipinski definition) is 5. The second-order valence-electron chi connectivity index (χ2n) is 8.98. The molecule has 2 saturated carbocycles. The lowest BCUT2D eigenvalue weighted by Gasteiger charge is -2.57. The molecule has 2 aliphatic carbocycles. The Bertz CT molecular complexity index is 787. The van der Waals surface area contributed by atoms with E-state index < -0.39 is 0 Å². The van der Waals surface area contributed by atoms with Crippen molar-refractivity contribution in [1.29, 1.82) is 0 Å². The van der Waals surface area contributed by atoms with Gasteiger partial charge in [0.05, 0.1) is 6.10 Å². The van der Waals surface area contributed by atoms with Crippen LogP contribution >= 0.6 is 0 Å². The van der Waals surface area contributed by atoms with Crippen LogP contribution in [0.1, 0.15) is 65.6 Å². The Labute approximate surface area is 155 Å². The van der Waals surface area contributed by atoms with E-state index in [1.165, 1.54) is 25.7 Å². The first-order valence-corrected chi connectivity index (χ1v) is 9.94. The summed E-state index contributed by atoms with van der Waals surface area (Å²) in [7, 11) is 2.18. The molecule has 0 aromatic carbocycles. The van der Waals surface area contributed by atoms with E-state index in [-0.39, 0.29) is 5.41 Å². The van der Waals surface area contributed by atoms with Crippen LogP contribution in [0.4, 0.5) is 5.82 Å². The molecule has 2 atom stereocenters. The predicted molar refractivity (Wildman–Crippen MR) is 103 cm³/mol. The van der Waals surface area contributed by atoms with Gasteiger partial charge in [-0.3, -0.25) is 0 Å². The maximum Gasteiger partial charge on any atom is 0.178 e. The molecule has 26 heavy (non-hydrogen) atoms. The molecule has 0 N–H and O–H groups in total. The molecule has 0 aliphatic heterocycles. The SMILES string of the molecule is CCOC1CC(N(C)c2ccc3nnc(C(C)(C)C)n3n2)C12CCCC2. The van der Waals surface area contributed by atoms with Gasteiger partial charge in [0.25, 0.3) is 0 Å². The maximum absolute atomic E-state index is 6.08. The van der Waals surface area contributed by atoms with Gasteiger partial charge in [0.15, 0.2) is 11.5 Å². The van der Waals surface area contributed by atoms with Crippen molar-refractivity contribution in [1.82, 2.24) is 19.8 Å². The quantitative estimate of drug-likeness (QED) is 0.837. The fourth-order valence-electron chi connectivity index (χ4n) is 4.99. The third kappa shape index (κ3) is 2.61. The lowest BCUT2D eigenvalue weighted by atomic mass is 9.60. The van der Waals surface area contributed by atoms with Gasteiger partial charge in [-0.05, 0) is 38.3 Å². The first-order valence-electron chi connectivity index (χ1n) is 9.94. The summed E-state index contributed by atoms with van der Waals surface area (Å²) in [4.78, 5) is 2.37. The molecule has 2 heterocycles. The van der Waals surface area contributed by atoms with Crippen molar-refractivity contribution in [3.63, 3.8) is 0 Å². The zero-order valence-corrected chi connectivity index (χ0v) is 16.7. The number of hydrogen-bond donors (Lipinski definition) is 0. The summed E-state index contributed by atoms with van der Waals surface area (Å²) in [5.41, 5.74) is 1.03. The Morgan fingerprint density at radius 1 is 1.23 bits per heavy atom. The topological polar surface area (TPSA) is 55.5 Å². The summed E-state index contributed by atoms with van der Waals surface area (Å²) in [6.07, 6.45) is 6.69. The van der Waals surface area contributed by atoms with Gasteiger partial charge in [0.1, 0.15) is 5.82 Å². The maximum atomic E-state index is 6.08. The van der Waals surface area contributed by atoms with Gasteiger partial charge in [-0.2, -0.15) is 4.52 Å². The van der Waals surface area contributed by atoms with Gasteiger partial charge in [-0.15, -0.1) is 15.3 Å². The van der Waals surface area contributed by atoms with Gasteiger partial charge < -0.3 is 9.64 Å². The number of rotatable bonds is 4. The number of anilines is 1. The molecule has 0 radical (unpaired) electrons. The monoisotopic (exact) mass is 357 g/mol. The summed E-state index contributed by atoms with van der Waals surface area (Å²) in [6.45, 7) is 9.35. The van der Waals surface area contributed by atoms with Crippen LogP contribution in [-0.2, 0) is 10.2 Å². The second-order valence-corrected chi connectivity index (χ2v) is 8.98. The van der Waals surface area contributed by atoms with E-state index in [0.717, 1.165) is 30.3 Å². The van der Waals surface area contributed by atoms with Crippen molar-refractivity contribution in [3.8, 4) is 0 Å². The van der Waals surface area contributed by atoms with Crippen LogP contribution in [0.2, 0.25) is 0 Å². The van der Waals surface area contributed by atoms with Gasteiger partial charge >= 0.3 is 0 Å². The first-order chi connectivity index (χ1) is 12.4. The van der Waals surface area contributed by atoms with E-state index in [2.05, 4.69) is 55.9 Å². The van der Waals surface area contributed by atoms with Crippen LogP contribution in [0.5, 0.6) is 0 Å². The minimum Gasteiger partial charge on any atom is -0.378 e. The van der Waals surface area contributed by atoms with Crippen molar-refractivity contribution in [2.75, 3.05) is 18.6 Å². The minimum atomic E-state index is -0.0905. The molecule has 2 aromatic rings. The molecular weight excluding hydrogens is 326 g/mol. The highest BCUT2D eigenvalue weighted by Gasteiger charge is 2.58. The Morgan fingerprint density at radius 3 is 2.62 bits per heavy atom. The van der Waals surface area contributed by atoms with Crippen molar-refractivity contribution < 1.29 is 4.74 Å². The average Bonchev–Trinajstić information content (AvgIpc) is 3.24. The van der Waals surface area contributed by atoms with Gasteiger partial charge in [-0.1, -0.05) is 33.6 Å². The van der Waals surface area contributed by atoms with E-state index in [1.807, 2.05) is 10.6 Å². The zero-order valence-electron chi connectivity index (χ0n) is 16.7.